The van der Waals surface area contributed by atoms with Gasteiger partial charge in [0.25, 0.3) is 0 Å². The van der Waals surface area contributed by atoms with Crippen molar-refractivity contribution in [1.82, 2.24) is 10.9 Å². The molecule has 0 saturated heterocycles. The molecule has 1 aliphatic heterocycles. The molecule has 1 aliphatic rings. The van der Waals surface area contributed by atoms with Gasteiger partial charge in [0.05, 0.1) is 22.2 Å². The number of nitrogens with one attached hydrogen (secondary N) is 2. The maximum absolute atomic E-state index is 11.7. The zero-order chi connectivity index (χ0) is 15.4. The normalized spacial score (nSPS) is 17.8. The van der Waals surface area contributed by atoms with Crippen LogP contribution in [0.5, 0.6) is 0 Å². The second-order valence-electron chi connectivity index (χ2n) is 4.45. The lowest BCUT2D eigenvalue weighted by Crippen LogP contribution is -2.29. The average molecular weight is 327 g/mol. The van der Waals surface area contributed by atoms with E-state index in [0.29, 0.717) is 21.3 Å². The summed E-state index contributed by atoms with van der Waals surface area (Å²) in [7, 11) is 0. The third kappa shape index (κ3) is 4.03. The van der Waals surface area contributed by atoms with E-state index >= 15 is 0 Å². The summed E-state index contributed by atoms with van der Waals surface area (Å²) in [5, 5.41) is 8.42. The number of nitrogens with zero attached hydrogens (tertiary/aromatic N) is 2. The Balaban J connectivity index is 1.89. The molecule has 0 aromatic heterocycles. The van der Waals surface area contributed by atoms with Gasteiger partial charge in [0.1, 0.15) is 0 Å². The van der Waals surface area contributed by atoms with Crippen LogP contribution < -0.4 is 10.9 Å². The zero-order valence-electron chi connectivity index (χ0n) is 11.1. The van der Waals surface area contributed by atoms with E-state index in [0.717, 1.165) is 0 Å². The molecule has 1 atom stereocenters. The Morgan fingerprint density at radius 2 is 2.24 bits per heavy atom. The molecule has 0 saturated carbocycles. The van der Waals surface area contributed by atoms with Gasteiger partial charge in [0.15, 0.2) is 0 Å². The van der Waals surface area contributed by atoms with Gasteiger partial charge in [-0.25, -0.2) is 10.9 Å². The summed E-state index contributed by atoms with van der Waals surface area (Å²) in [5.74, 6) is -1.19. The minimum Gasteiger partial charge on any atom is -0.273 e. The lowest BCUT2D eigenvalue weighted by Gasteiger charge is -2.05. The predicted octanol–water partition coefficient (Wildman–Crippen LogP) is 1.96. The fraction of sp³-hybridized carbons (Fsp3) is 0.231. The molecule has 1 aromatic carbocycles. The van der Waals surface area contributed by atoms with Crippen LogP contribution in [0.15, 0.2) is 28.4 Å². The standard InChI is InChI=1S/C13H12Cl2N4O2/c1-7-9(13(21)19-17-7)5-12(20)18-16-6-8-2-3-10(14)11(15)4-8/h2-4,6,9H,5H2,1H3,(H,18,20)(H,19,21)/b16-6-/t9-/m1/s1. The second-order valence-corrected chi connectivity index (χ2v) is 5.27. The lowest BCUT2D eigenvalue weighted by molar-refractivity contribution is -0.127. The highest BCUT2D eigenvalue weighted by Gasteiger charge is 2.28. The number of halogens is 2. The molecule has 21 heavy (non-hydrogen) atoms. The molecule has 2 N–H and O–H groups in total. The van der Waals surface area contributed by atoms with Gasteiger partial charge >= 0.3 is 0 Å². The van der Waals surface area contributed by atoms with E-state index in [-0.39, 0.29) is 18.2 Å². The molecular weight excluding hydrogens is 315 g/mol. The smallest absolute Gasteiger partial charge is 0.249 e. The van der Waals surface area contributed by atoms with Gasteiger partial charge < -0.3 is 0 Å². The van der Waals surface area contributed by atoms with Crippen molar-refractivity contribution in [2.45, 2.75) is 13.3 Å². The monoisotopic (exact) mass is 326 g/mol. The van der Waals surface area contributed by atoms with Crippen molar-refractivity contribution >= 4 is 46.9 Å². The van der Waals surface area contributed by atoms with E-state index in [4.69, 9.17) is 23.2 Å². The van der Waals surface area contributed by atoms with Crippen molar-refractivity contribution in [3.8, 4) is 0 Å². The van der Waals surface area contributed by atoms with Crippen molar-refractivity contribution in [3.63, 3.8) is 0 Å². The highest BCUT2D eigenvalue weighted by atomic mass is 35.5. The Kier molecular flexibility index (Phi) is 4.93. The first-order chi connectivity index (χ1) is 9.97. The maximum Gasteiger partial charge on any atom is 0.249 e. The summed E-state index contributed by atoms with van der Waals surface area (Å²) in [6.45, 7) is 1.69. The Morgan fingerprint density at radius 1 is 1.48 bits per heavy atom. The fourth-order valence-electron chi connectivity index (χ4n) is 1.73. The number of benzene rings is 1. The molecule has 0 radical (unpaired) electrons. The number of carbonyl (C=O) groups excluding carboxylic acids is 2. The fourth-order valence-corrected chi connectivity index (χ4v) is 2.04. The van der Waals surface area contributed by atoms with E-state index in [2.05, 4.69) is 21.1 Å². The van der Waals surface area contributed by atoms with Crippen molar-refractivity contribution in [3.05, 3.63) is 33.8 Å². The molecule has 0 unspecified atom stereocenters. The quantitative estimate of drug-likeness (QED) is 0.654. The van der Waals surface area contributed by atoms with Crippen molar-refractivity contribution in [2.24, 2.45) is 16.1 Å². The van der Waals surface area contributed by atoms with Crippen LogP contribution in [0.3, 0.4) is 0 Å². The van der Waals surface area contributed by atoms with E-state index in [1.54, 1.807) is 25.1 Å². The van der Waals surface area contributed by atoms with Crippen LogP contribution >= 0.6 is 23.2 Å². The van der Waals surface area contributed by atoms with Crippen molar-refractivity contribution in [1.29, 1.82) is 0 Å². The van der Waals surface area contributed by atoms with Gasteiger partial charge in [0, 0.05) is 12.1 Å². The van der Waals surface area contributed by atoms with Crippen molar-refractivity contribution in [2.75, 3.05) is 0 Å². The van der Waals surface area contributed by atoms with Crippen LogP contribution in [0.1, 0.15) is 18.9 Å². The molecule has 2 rings (SSSR count). The summed E-state index contributed by atoms with van der Waals surface area (Å²) in [6.07, 6.45) is 1.44. The molecule has 2 amide bonds. The largest absolute Gasteiger partial charge is 0.273 e. The second kappa shape index (κ2) is 6.69. The van der Waals surface area contributed by atoms with Gasteiger partial charge in [-0.2, -0.15) is 10.2 Å². The molecular formula is C13H12Cl2N4O2. The minimum atomic E-state index is -0.537. The Labute approximate surface area is 131 Å². The highest BCUT2D eigenvalue weighted by molar-refractivity contribution is 6.42. The molecule has 0 fully saturated rings. The number of hydrazone groups is 2. The summed E-state index contributed by atoms with van der Waals surface area (Å²) in [6, 6.07) is 4.97. The van der Waals surface area contributed by atoms with Crippen LogP contribution in [0.25, 0.3) is 0 Å². The van der Waals surface area contributed by atoms with E-state index in [1.165, 1.54) is 6.21 Å². The predicted molar refractivity (Wildman–Crippen MR) is 81.6 cm³/mol. The van der Waals surface area contributed by atoms with Crippen LogP contribution in [0.2, 0.25) is 10.0 Å². The number of hydrogen-bond acceptors (Lipinski definition) is 4. The Hall–Kier alpha value is -1.92. The first kappa shape index (κ1) is 15.5. The molecule has 1 aromatic rings. The van der Waals surface area contributed by atoms with Gasteiger partial charge in [-0.3, -0.25) is 9.59 Å². The van der Waals surface area contributed by atoms with Crippen LogP contribution in [-0.2, 0) is 9.59 Å². The Bertz CT molecular complexity index is 643. The van der Waals surface area contributed by atoms with Crippen molar-refractivity contribution < 1.29 is 9.59 Å². The first-order valence-electron chi connectivity index (χ1n) is 6.08. The summed E-state index contributed by atoms with van der Waals surface area (Å²) in [4.78, 5) is 23.1. The number of hydrogen-bond donors (Lipinski definition) is 2. The van der Waals surface area contributed by atoms with Gasteiger partial charge in [-0.1, -0.05) is 29.3 Å². The van der Waals surface area contributed by atoms with E-state index in [1.807, 2.05) is 0 Å². The average Bonchev–Trinajstić information content (AvgIpc) is 2.75. The third-order valence-corrected chi connectivity index (χ3v) is 3.64. The Morgan fingerprint density at radius 3 is 2.86 bits per heavy atom. The number of amides is 2. The SMILES string of the molecule is CC1=NNC(=O)[C@@H]1CC(=O)N/N=C\c1ccc(Cl)c(Cl)c1. The van der Waals surface area contributed by atoms with Gasteiger partial charge in [-0.15, -0.1) is 0 Å². The zero-order valence-corrected chi connectivity index (χ0v) is 12.6. The lowest BCUT2D eigenvalue weighted by atomic mass is 10.0. The molecule has 110 valence electrons. The van der Waals surface area contributed by atoms with E-state index in [9.17, 15) is 9.59 Å². The highest BCUT2D eigenvalue weighted by Crippen LogP contribution is 2.21. The molecule has 0 bridgehead atoms. The molecule has 1 heterocycles. The molecule has 0 spiro atoms. The summed E-state index contributed by atoms with van der Waals surface area (Å²) < 4.78 is 0. The van der Waals surface area contributed by atoms with Crippen LogP contribution in [0, 0.1) is 5.92 Å². The minimum absolute atomic E-state index is 0.000118. The maximum atomic E-state index is 11.7. The molecule has 6 nitrogen and oxygen atoms in total. The third-order valence-electron chi connectivity index (χ3n) is 2.90. The molecule has 8 heteroatoms. The summed E-state index contributed by atoms with van der Waals surface area (Å²) >= 11 is 11.7. The molecule has 0 aliphatic carbocycles. The topological polar surface area (TPSA) is 82.9 Å². The number of rotatable bonds is 4. The van der Waals surface area contributed by atoms with Crippen LogP contribution in [0.4, 0.5) is 0 Å². The van der Waals surface area contributed by atoms with Gasteiger partial charge in [-0.05, 0) is 24.6 Å². The first-order valence-corrected chi connectivity index (χ1v) is 6.84. The number of carbonyl (C=O) groups is 2. The summed E-state index contributed by atoms with van der Waals surface area (Å²) in [5.41, 5.74) is 5.96. The van der Waals surface area contributed by atoms with Gasteiger partial charge in [0.2, 0.25) is 11.8 Å². The van der Waals surface area contributed by atoms with E-state index < -0.39 is 5.92 Å². The van der Waals surface area contributed by atoms with Crippen LogP contribution in [-0.4, -0.2) is 23.7 Å².